The Hall–Kier alpha value is -0.820. The summed E-state index contributed by atoms with van der Waals surface area (Å²) >= 11 is 0. The third kappa shape index (κ3) is 3.34. The van der Waals surface area contributed by atoms with Crippen molar-refractivity contribution in [1.29, 1.82) is 0 Å². The van der Waals surface area contributed by atoms with E-state index in [1.807, 2.05) is 0 Å². The second-order valence-corrected chi connectivity index (χ2v) is 5.05. The Morgan fingerprint density at radius 1 is 1.12 bits per heavy atom. The van der Waals surface area contributed by atoms with Crippen LogP contribution in [0.15, 0.2) is 30.3 Å². The molecule has 0 aromatic heterocycles. The van der Waals surface area contributed by atoms with E-state index in [-0.39, 0.29) is 0 Å². The third-order valence-corrected chi connectivity index (χ3v) is 3.83. The molecule has 16 heavy (non-hydrogen) atoms. The largest absolute Gasteiger partial charge is 0.310 e. The molecule has 0 aliphatic heterocycles. The minimum Gasteiger partial charge on any atom is -0.310 e. The predicted molar refractivity (Wildman–Crippen MR) is 69.3 cm³/mol. The molecule has 88 valence electrons. The smallest absolute Gasteiger partial charge is 0.0208 e. The molecule has 0 amide bonds. The molecular weight excluding hydrogens is 194 g/mol. The van der Waals surface area contributed by atoms with Gasteiger partial charge in [-0.2, -0.15) is 0 Å². The first-order chi connectivity index (χ1) is 7.86. The van der Waals surface area contributed by atoms with Crippen molar-refractivity contribution >= 4 is 0 Å². The van der Waals surface area contributed by atoms with Crippen LogP contribution >= 0.6 is 0 Å². The van der Waals surface area contributed by atoms with E-state index < -0.39 is 0 Å². The highest BCUT2D eigenvalue weighted by atomic mass is 14.9. The summed E-state index contributed by atoms with van der Waals surface area (Å²) in [5.74, 6) is 0.900. The highest BCUT2D eigenvalue weighted by molar-refractivity contribution is 5.14. The van der Waals surface area contributed by atoms with E-state index in [1.165, 1.54) is 37.7 Å². The highest BCUT2D eigenvalue weighted by Gasteiger charge is 2.19. The summed E-state index contributed by atoms with van der Waals surface area (Å²) in [6.45, 7) is 3.36. The maximum absolute atomic E-state index is 3.67. The summed E-state index contributed by atoms with van der Waals surface area (Å²) in [6, 6.07) is 11.4. The van der Waals surface area contributed by atoms with Gasteiger partial charge in [-0.3, -0.25) is 0 Å². The lowest BCUT2D eigenvalue weighted by Gasteiger charge is -2.28. The van der Waals surface area contributed by atoms with Crippen molar-refractivity contribution in [3.05, 3.63) is 35.9 Å². The van der Waals surface area contributed by atoms with Gasteiger partial charge in [-0.25, -0.2) is 0 Å². The van der Waals surface area contributed by atoms with Crippen molar-refractivity contribution in [1.82, 2.24) is 5.32 Å². The van der Waals surface area contributed by atoms with Crippen LogP contribution in [-0.2, 0) is 6.54 Å². The van der Waals surface area contributed by atoms with E-state index in [1.54, 1.807) is 0 Å². The molecule has 1 aromatic carbocycles. The molecule has 2 rings (SSSR count). The maximum atomic E-state index is 3.67. The van der Waals surface area contributed by atoms with E-state index in [4.69, 9.17) is 0 Å². The molecule has 0 spiro atoms. The minimum absolute atomic E-state index is 0.667. The second kappa shape index (κ2) is 6.05. The molecule has 1 aliphatic carbocycles. The topological polar surface area (TPSA) is 12.0 Å². The fraction of sp³-hybridized carbons (Fsp3) is 0.600. The molecule has 0 unspecified atom stereocenters. The van der Waals surface area contributed by atoms with Gasteiger partial charge in [0.2, 0.25) is 0 Å². The molecule has 0 heterocycles. The number of hydrogen-bond acceptors (Lipinski definition) is 1. The summed E-state index contributed by atoms with van der Waals surface area (Å²) < 4.78 is 0. The molecule has 1 saturated carbocycles. The Labute approximate surface area is 99.3 Å². The standard InChI is InChI=1S/C15H23N/c1-13(15-10-6-3-7-11-15)16-12-14-8-4-2-5-9-14/h2,4-5,8-9,13,15-16H,3,6-7,10-12H2,1H3/t13-/m1/s1. The zero-order valence-corrected chi connectivity index (χ0v) is 10.3. The molecular formula is C15H23N. The van der Waals surface area contributed by atoms with E-state index in [9.17, 15) is 0 Å². The van der Waals surface area contributed by atoms with E-state index in [0.29, 0.717) is 6.04 Å². The quantitative estimate of drug-likeness (QED) is 0.810. The molecule has 0 bridgehead atoms. The number of benzene rings is 1. The molecule has 1 atom stereocenters. The zero-order valence-electron chi connectivity index (χ0n) is 10.3. The average molecular weight is 217 g/mol. The Morgan fingerprint density at radius 2 is 1.81 bits per heavy atom. The monoisotopic (exact) mass is 217 g/mol. The van der Waals surface area contributed by atoms with Crippen LogP contribution in [0.25, 0.3) is 0 Å². The summed E-state index contributed by atoms with van der Waals surface area (Å²) in [7, 11) is 0. The molecule has 1 nitrogen and oxygen atoms in total. The van der Waals surface area contributed by atoms with Crippen molar-refractivity contribution in [2.75, 3.05) is 0 Å². The van der Waals surface area contributed by atoms with Crippen LogP contribution in [0.4, 0.5) is 0 Å². The lowest BCUT2D eigenvalue weighted by molar-refractivity contribution is 0.280. The van der Waals surface area contributed by atoms with Crippen LogP contribution in [0.1, 0.15) is 44.6 Å². The van der Waals surface area contributed by atoms with Crippen molar-refractivity contribution in [2.45, 2.75) is 51.6 Å². The zero-order chi connectivity index (χ0) is 11.2. The SMILES string of the molecule is C[C@@H](NCc1ccccc1)C1CCCCC1. The van der Waals surface area contributed by atoms with Crippen molar-refractivity contribution < 1.29 is 0 Å². The summed E-state index contributed by atoms with van der Waals surface area (Å²) in [4.78, 5) is 0. The average Bonchev–Trinajstić information content (AvgIpc) is 2.38. The maximum Gasteiger partial charge on any atom is 0.0208 e. The summed E-state index contributed by atoms with van der Waals surface area (Å²) in [6.07, 6.45) is 7.15. The van der Waals surface area contributed by atoms with Crippen LogP contribution in [0.2, 0.25) is 0 Å². The van der Waals surface area contributed by atoms with Gasteiger partial charge in [-0.15, -0.1) is 0 Å². The molecule has 1 aliphatic rings. The van der Waals surface area contributed by atoms with Gasteiger partial charge in [-0.05, 0) is 31.2 Å². The van der Waals surface area contributed by atoms with Gasteiger partial charge in [0.25, 0.3) is 0 Å². The first-order valence-corrected chi connectivity index (χ1v) is 6.63. The van der Waals surface area contributed by atoms with Crippen molar-refractivity contribution in [3.63, 3.8) is 0 Å². The van der Waals surface area contributed by atoms with Gasteiger partial charge in [-0.1, -0.05) is 49.6 Å². The molecule has 0 radical (unpaired) electrons. The van der Waals surface area contributed by atoms with Crippen LogP contribution in [-0.4, -0.2) is 6.04 Å². The predicted octanol–water partition coefficient (Wildman–Crippen LogP) is 3.75. The molecule has 1 fully saturated rings. The molecule has 1 aromatic rings. The van der Waals surface area contributed by atoms with Gasteiger partial charge in [0.15, 0.2) is 0 Å². The summed E-state index contributed by atoms with van der Waals surface area (Å²) in [5.41, 5.74) is 1.39. The Balaban J connectivity index is 1.76. The van der Waals surface area contributed by atoms with Crippen molar-refractivity contribution in [2.24, 2.45) is 5.92 Å². The Morgan fingerprint density at radius 3 is 2.50 bits per heavy atom. The molecule has 1 N–H and O–H groups in total. The lowest BCUT2D eigenvalue weighted by atomic mass is 9.84. The van der Waals surface area contributed by atoms with Crippen LogP contribution in [0, 0.1) is 5.92 Å². The lowest BCUT2D eigenvalue weighted by Crippen LogP contribution is -2.34. The molecule has 0 saturated heterocycles. The Bertz CT molecular complexity index is 288. The highest BCUT2D eigenvalue weighted by Crippen LogP contribution is 2.26. The van der Waals surface area contributed by atoms with Crippen LogP contribution in [0.3, 0.4) is 0 Å². The fourth-order valence-electron chi connectivity index (χ4n) is 2.68. The summed E-state index contributed by atoms with van der Waals surface area (Å²) in [5, 5.41) is 3.67. The second-order valence-electron chi connectivity index (χ2n) is 5.05. The van der Waals surface area contributed by atoms with Gasteiger partial charge in [0.1, 0.15) is 0 Å². The van der Waals surface area contributed by atoms with Crippen molar-refractivity contribution in [3.8, 4) is 0 Å². The molecule has 1 heteroatoms. The van der Waals surface area contributed by atoms with Gasteiger partial charge >= 0.3 is 0 Å². The van der Waals surface area contributed by atoms with Crippen LogP contribution in [0.5, 0.6) is 0 Å². The third-order valence-electron chi connectivity index (χ3n) is 3.83. The Kier molecular flexibility index (Phi) is 4.41. The van der Waals surface area contributed by atoms with E-state index in [0.717, 1.165) is 12.5 Å². The normalized spacial score (nSPS) is 19.6. The number of rotatable bonds is 4. The van der Waals surface area contributed by atoms with Gasteiger partial charge in [0, 0.05) is 12.6 Å². The first kappa shape index (κ1) is 11.7. The van der Waals surface area contributed by atoms with Gasteiger partial charge in [0.05, 0.1) is 0 Å². The number of nitrogens with one attached hydrogen (secondary N) is 1. The number of hydrogen-bond donors (Lipinski definition) is 1. The van der Waals surface area contributed by atoms with E-state index in [2.05, 4.69) is 42.6 Å². The van der Waals surface area contributed by atoms with E-state index >= 15 is 0 Å². The first-order valence-electron chi connectivity index (χ1n) is 6.63. The minimum atomic E-state index is 0.667. The fourth-order valence-corrected chi connectivity index (χ4v) is 2.68. The van der Waals surface area contributed by atoms with Crippen LogP contribution < -0.4 is 5.32 Å². The van der Waals surface area contributed by atoms with Gasteiger partial charge < -0.3 is 5.32 Å².